The summed E-state index contributed by atoms with van der Waals surface area (Å²) in [5.74, 6) is 0. The maximum Gasteiger partial charge on any atom is 0.417 e. The molecule has 0 bridgehead atoms. The van der Waals surface area contributed by atoms with Crippen molar-refractivity contribution in [1.29, 1.82) is 0 Å². The maximum atomic E-state index is 13.1. The lowest BCUT2D eigenvalue weighted by Crippen LogP contribution is -2.42. The van der Waals surface area contributed by atoms with Gasteiger partial charge in [-0.3, -0.25) is 0 Å². The summed E-state index contributed by atoms with van der Waals surface area (Å²) >= 11 is 1.27. The van der Waals surface area contributed by atoms with E-state index in [2.05, 4.69) is 15.6 Å². The summed E-state index contributed by atoms with van der Waals surface area (Å²) in [5, 5.41) is 18.9. The minimum atomic E-state index is -4.41. The van der Waals surface area contributed by atoms with Crippen LogP contribution in [0.4, 0.5) is 18.3 Å². The Hall–Kier alpha value is -1.64. The second-order valence-electron chi connectivity index (χ2n) is 6.23. The number of rotatable bonds is 5. The summed E-state index contributed by atoms with van der Waals surface area (Å²) in [6.07, 6.45) is -2.41. The Bertz CT molecular complexity index is 711. The molecule has 1 aromatic carbocycles. The molecule has 0 unspecified atom stereocenters. The second kappa shape index (κ2) is 7.31. The molecule has 3 N–H and O–H groups in total. The molecule has 1 aliphatic heterocycles. The van der Waals surface area contributed by atoms with E-state index in [0.29, 0.717) is 36.6 Å². The molecule has 4 nitrogen and oxygen atoms in total. The van der Waals surface area contributed by atoms with Crippen molar-refractivity contribution in [3.8, 4) is 11.3 Å². The first-order valence-electron chi connectivity index (χ1n) is 8.16. The quantitative estimate of drug-likeness (QED) is 0.749. The Balaban J connectivity index is 1.65. The van der Waals surface area contributed by atoms with Crippen molar-refractivity contribution in [3.63, 3.8) is 0 Å². The third-order valence-corrected chi connectivity index (χ3v) is 5.21. The summed E-state index contributed by atoms with van der Waals surface area (Å²) in [5.41, 5.74) is -0.977. The second-order valence-corrected chi connectivity index (χ2v) is 7.09. The molecule has 1 saturated heterocycles. The Kier molecular flexibility index (Phi) is 5.31. The highest BCUT2D eigenvalue weighted by molar-refractivity contribution is 7.14. The SMILES string of the molecule is OC1(CCNc2nc(-c3ccccc3C(F)(F)F)cs2)CCNCC1. The minimum absolute atomic E-state index is 0.0799. The number of thiazole rings is 1. The van der Waals surface area contributed by atoms with Gasteiger partial charge in [-0.05, 0) is 38.4 Å². The predicted octanol–water partition coefficient (Wildman–Crippen LogP) is 3.75. The first-order chi connectivity index (χ1) is 11.9. The van der Waals surface area contributed by atoms with Gasteiger partial charge in [0.15, 0.2) is 5.13 Å². The normalized spacial score (nSPS) is 17.4. The summed E-state index contributed by atoms with van der Waals surface area (Å²) in [6, 6.07) is 5.44. The molecule has 1 fully saturated rings. The maximum absolute atomic E-state index is 13.1. The third kappa shape index (κ3) is 4.50. The summed E-state index contributed by atoms with van der Waals surface area (Å²) in [7, 11) is 0. The van der Waals surface area contributed by atoms with Gasteiger partial charge in [-0.2, -0.15) is 13.2 Å². The molecule has 136 valence electrons. The van der Waals surface area contributed by atoms with Gasteiger partial charge in [0.25, 0.3) is 0 Å². The van der Waals surface area contributed by atoms with Crippen LogP contribution in [0.25, 0.3) is 11.3 Å². The van der Waals surface area contributed by atoms with Gasteiger partial charge in [-0.1, -0.05) is 18.2 Å². The van der Waals surface area contributed by atoms with Gasteiger partial charge in [0, 0.05) is 17.5 Å². The highest BCUT2D eigenvalue weighted by Crippen LogP contribution is 2.37. The predicted molar refractivity (Wildman–Crippen MR) is 92.7 cm³/mol. The Morgan fingerprint density at radius 2 is 1.96 bits per heavy atom. The first-order valence-corrected chi connectivity index (χ1v) is 9.04. The Morgan fingerprint density at radius 1 is 1.24 bits per heavy atom. The van der Waals surface area contributed by atoms with Crippen LogP contribution in [0.1, 0.15) is 24.8 Å². The Morgan fingerprint density at radius 3 is 2.68 bits per heavy atom. The number of benzene rings is 1. The number of halogens is 3. The van der Waals surface area contributed by atoms with Gasteiger partial charge in [0.05, 0.1) is 16.9 Å². The molecule has 0 saturated carbocycles. The van der Waals surface area contributed by atoms with Crippen LogP contribution in [0.15, 0.2) is 29.6 Å². The number of nitrogens with zero attached hydrogens (tertiary/aromatic N) is 1. The molecule has 0 spiro atoms. The van der Waals surface area contributed by atoms with Crippen LogP contribution >= 0.6 is 11.3 Å². The fourth-order valence-electron chi connectivity index (χ4n) is 2.98. The van der Waals surface area contributed by atoms with Crippen molar-refractivity contribution in [2.45, 2.75) is 31.0 Å². The van der Waals surface area contributed by atoms with Crippen LogP contribution in [0.3, 0.4) is 0 Å². The highest BCUT2D eigenvalue weighted by atomic mass is 32.1. The van der Waals surface area contributed by atoms with Crippen LogP contribution in [0.5, 0.6) is 0 Å². The minimum Gasteiger partial charge on any atom is -0.390 e. The Labute approximate surface area is 148 Å². The van der Waals surface area contributed by atoms with E-state index in [1.807, 2.05) is 0 Å². The van der Waals surface area contributed by atoms with Gasteiger partial charge in [0.2, 0.25) is 0 Å². The summed E-state index contributed by atoms with van der Waals surface area (Å²) < 4.78 is 39.4. The van der Waals surface area contributed by atoms with E-state index < -0.39 is 17.3 Å². The van der Waals surface area contributed by atoms with Crippen molar-refractivity contribution >= 4 is 16.5 Å². The van der Waals surface area contributed by atoms with Gasteiger partial charge < -0.3 is 15.7 Å². The van der Waals surface area contributed by atoms with Gasteiger partial charge in [-0.25, -0.2) is 4.98 Å². The molecular formula is C17H20F3N3OS. The van der Waals surface area contributed by atoms with E-state index in [9.17, 15) is 18.3 Å². The molecular weight excluding hydrogens is 351 g/mol. The van der Waals surface area contributed by atoms with Crippen LogP contribution in [0.2, 0.25) is 0 Å². The summed E-state index contributed by atoms with van der Waals surface area (Å²) in [6.45, 7) is 2.13. The van der Waals surface area contributed by atoms with Gasteiger partial charge in [-0.15, -0.1) is 11.3 Å². The lowest BCUT2D eigenvalue weighted by atomic mass is 9.89. The van der Waals surface area contributed by atoms with Crippen molar-refractivity contribution in [1.82, 2.24) is 10.3 Å². The fraction of sp³-hybridized carbons (Fsp3) is 0.471. The molecule has 0 atom stereocenters. The van der Waals surface area contributed by atoms with Crippen LogP contribution < -0.4 is 10.6 Å². The molecule has 0 aliphatic carbocycles. The van der Waals surface area contributed by atoms with E-state index in [4.69, 9.17) is 0 Å². The fourth-order valence-corrected chi connectivity index (χ4v) is 3.72. The zero-order valence-corrected chi connectivity index (χ0v) is 14.4. The molecule has 2 aromatic rings. The number of piperidine rings is 1. The first kappa shape index (κ1) is 18.2. The van der Waals surface area contributed by atoms with Crippen LogP contribution in [-0.2, 0) is 6.18 Å². The number of aliphatic hydroxyl groups is 1. The molecule has 25 heavy (non-hydrogen) atoms. The van der Waals surface area contributed by atoms with Gasteiger partial charge >= 0.3 is 6.18 Å². The third-order valence-electron chi connectivity index (χ3n) is 4.41. The standard InChI is InChI=1S/C17H20F3N3OS/c18-17(19,20)13-4-2-1-3-12(13)14-11-25-15(23-14)22-10-7-16(24)5-8-21-9-6-16/h1-4,11,21,24H,5-10H2,(H,22,23). The van der Waals surface area contributed by atoms with Crippen molar-refractivity contribution < 1.29 is 18.3 Å². The number of hydrogen-bond donors (Lipinski definition) is 3. The van der Waals surface area contributed by atoms with Crippen LogP contribution in [0, 0.1) is 0 Å². The lowest BCUT2D eigenvalue weighted by Gasteiger charge is -2.32. The van der Waals surface area contributed by atoms with Gasteiger partial charge in [0.1, 0.15) is 0 Å². The number of nitrogens with one attached hydrogen (secondary N) is 2. The number of aromatic nitrogens is 1. The van der Waals surface area contributed by atoms with E-state index in [0.717, 1.165) is 19.2 Å². The number of alkyl halides is 3. The zero-order valence-electron chi connectivity index (χ0n) is 13.6. The van der Waals surface area contributed by atoms with Crippen LogP contribution in [-0.4, -0.2) is 35.3 Å². The van der Waals surface area contributed by atoms with E-state index in [-0.39, 0.29) is 5.56 Å². The molecule has 8 heteroatoms. The molecule has 0 amide bonds. The molecule has 1 aromatic heterocycles. The molecule has 1 aliphatic rings. The average molecular weight is 371 g/mol. The van der Waals surface area contributed by atoms with Crippen molar-refractivity contribution in [2.75, 3.05) is 25.0 Å². The molecule has 3 rings (SSSR count). The van der Waals surface area contributed by atoms with E-state index in [1.54, 1.807) is 11.4 Å². The smallest absolute Gasteiger partial charge is 0.390 e. The summed E-state index contributed by atoms with van der Waals surface area (Å²) in [4.78, 5) is 4.27. The largest absolute Gasteiger partial charge is 0.417 e. The zero-order chi connectivity index (χ0) is 17.9. The average Bonchev–Trinajstić information content (AvgIpc) is 3.03. The van der Waals surface area contributed by atoms with Crippen molar-refractivity contribution in [2.24, 2.45) is 0 Å². The number of anilines is 1. The topological polar surface area (TPSA) is 57.2 Å². The molecule has 0 radical (unpaired) electrons. The van der Waals surface area contributed by atoms with E-state index >= 15 is 0 Å². The number of hydrogen-bond acceptors (Lipinski definition) is 5. The highest BCUT2D eigenvalue weighted by Gasteiger charge is 2.34. The van der Waals surface area contributed by atoms with Crippen molar-refractivity contribution in [3.05, 3.63) is 35.2 Å². The lowest BCUT2D eigenvalue weighted by molar-refractivity contribution is -0.137. The van der Waals surface area contributed by atoms with E-state index in [1.165, 1.54) is 23.5 Å². The monoisotopic (exact) mass is 371 g/mol. The molecule has 2 heterocycles.